The summed E-state index contributed by atoms with van der Waals surface area (Å²) < 4.78 is 0. The Morgan fingerprint density at radius 1 is 1.10 bits per heavy atom. The highest BCUT2D eigenvalue weighted by Gasteiger charge is 2.36. The molecule has 1 aliphatic rings. The van der Waals surface area contributed by atoms with Crippen LogP contribution in [0, 0.1) is 5.92 Å². The van der Waals surface area contributed by atoms with E-state index in [-0.39, 0.29) is 30.3 Å². The molecule has 2 amide bonds. The van der Waals surface area contributed by atoms with Crippen LogP contribution < -0.4 is 10.2 Å². The third kappa shape index (κ3) is 4.47. The molecule has 2 N–H and O–H groups in total. The molecule has 2 aromatic carbocycles. The van der Waals surface area contributed by atoms with Crippen molar-refractivity contribution in [2.24, 2.45) is 5.92 Å². The van der Waals surface area contributed by atoms with E-state index in [0.29, 0.717) is 12.1 Å². The van der Waals surface area contributed by atoms with Crippen molar-refractivity contribution >= 4 is 23.5 Å². The normalized spacial score (nSPS) is 16.1. The molecule has 2 aromatic rings. The first-order valence-electron chi connectivity index (χ1n) is 9.95. The molecule has 0 saturated carbocycles. The van der Waals surface area contributed by atoms with Crippen molar-refractivity contribution in [3.8, 4) is 0 Å². The largest absolute Gasteiger partial charge is 0.478 e. The van der Waals surface area contributed by atoms with E-state index in [1.54, 1.807) is 23.1 Å². The van der Waals surface area contributed by atoms with E-state index in [1.165, 1.54) is 6.07 Å². The highest BCUT2D eigenvalue weighted by molar-refractivity contribution is 6.01. The van der Waals surface area contributed by atoms with Gasteiger partial charge in [0.1, 0.15) is 0 Å². The minimum absolute atomic E-state index is 0.0337. The molecular formula is C23H26N2O4. The molecule has 1 fully saturated rings. The second-order valence-electron chi connectivity index (χ2n) is 7.26. The molecule has 0 aliphatic carbocycles. The van der Waals surface area contributed by atoms with E-state index in [0.717, 1.165) is 29.7 Å². The third-order valence-corrected chi connectivity index (χ3v) is 5.37. The van der Waals surface area contributed by atoms with Crippen molar-refractivity contribution in [3.63, 3.8) is 0 Å². The van der Waals surface area contributed by atoms with E-state index in [2.05, 4.69) is 19.2 Å². The van der Waals surface area contributed by atoms with E-state index in [9.17, 15) is 14.4 Å². The Morgan fingerprint density at radius 3 is 2.38 bits per heavy atom. The number of rotatable bonds is 7. The van der Waals surface area contributed by atoms with Crippen molar-refractivity contribution < 1.29 is 19.5 Å². The van der Waals surface area contributed by atoms with Gasteiger partial charge in [-0.1, -0.05) is 44.2 Å². The van der Waals surface area contributed by atoms with Crippen molar-refractivity contribution in [1.82, 2.24) is 5.32 Å². The van der Waals surface area contributed by atoms with Crippen LogP contribution in [0.1, 0.15) is 47.3 Å². The van der Waals surface area contributed by atoms with Gasteiger partial charge in [-0.05, 0) is 41.7 Å². The molecule has 1 heterocycles. The molecule has 1 saturated heterocycles. The maximum absolute atomic E-state index is 12.7. The van der Waals surface area contributed by atoms with Gasteiger partial charge in [0.05, 0.1) is 11.5 Å². The molecule has 6 nitrogen and oxygen atoms in total. The maximum Gasteiger partial charge on any atom is 0.335 e. The van der Waals surface area contributed by atoms with Crippen LogP contribution in [0.25, 0.3) is 0 Å². The zero-order chi connectivity index (χ0) is 21.0. The number of aryl methyl sites for hydroxylation is 2. The minimum atomic E-state index is -1.00. The Balaban J connectivity index is 1.70. The van der Waals surface area contributed by atoms with Crippen LogP contribution in [-0.4, -0.2) is 29.4 Å². The Hall–Kier alpha value is -3.15. The Morgan fingerprint density at radius 2 is 1.76 bits per heavy atom. The van der Waals surface area contributed by atoms with Gasteiger partial charge in [-0.25, -0.2) is 4.79 Å². The molecule has 152 valence electrons. The lowest BCUT2D eigenvalue weighted by atomic mass is 10.0. The smallest absolute Gasteiger partial charge is 0.335 e. The lowest BCUT2D eigenvalue weighted by molar-refractivity contribution is -0.126. The number of benzene rings is 2. The summed E-state index contributed by atoms with van der Waals surface area (Å²) in [5.74, 6) is -1.64. The summed E-state index contributed by atoms with van der Waals surface area (Å²) in [5.41, 5.74) is 4.08. The molecule has 1 atom stereocenters. The molecular weight excluding hydrogens is 368 g/mol. The fourth-order valence-corrected chi connectivity index (χ4v) is 3.81. The fourth-order valence-electron chi connectivity index (χ4n) is 3.81. The number of aromatic carboxylic acids is 1. The lowest BCUT2D eigenvalue weighted by Gasteiger charge is -2.23. The first-order chi connectivity index (χ1) is 13.9. The number of nitrogens with one attached hydrogen (secondary N) is 1. The molecule has 1 unspecified atom stereocenters. The quantitative estimate of drug-likeness (QED) is 0.755. The zero-order valence-corrected chi connectivity index (χ0v) is 16.8. The van der Waals surface area contributed by atoms with E-state index < -0.39 is 11.9 Å². The molecule has 0 aromatic heterocycles. The Kier molecular flexibility index (Phi) is 6.32. The van der Waals surface area contributed by atoms with Gasteiger partial charge in [0, 0.05) is 25.2 Å². The summed E-state index contributed by atoms with van der Waals surface area (Å²) >= 11 is 0. The van der Waals surface area contributed by atoms with Crippen LogP contribution in [0.3, 0.4) is 0 Å². The summed E-state index contributed by atoms with van der Waals surface area (Å²) in [5, 5.41) is 11.9. The van der Waals surface area contributed by atoms with E-state index in [1.807, 2.05) is 18.2 Å². The van der Waals surface area contributed by atoms with Crippen molar-refractivity contribution in [2.75, 3.05) is 11.4 Å². The number of hydrogen-bond donors (Lipinski definition) is 2. The van der Waals surface area contributed by atoms with E-state index in [4.69, 9.17) is 5.11 Å². The second kappa shape index (κ2) is 8.90. The molecule has 0 spiro atoms. The summed E-state index contributed by atoms with van der Waals surface area (Å²) in [7, 11) is 0. The van der Waals surface area contributed by atoms with Crippen molar-refractivity contribution in [3.05, 3.63) is 64.7 Å². The van der Waals surface area contributed by atoms with Gasteiger partial charge >= 0.3 is 5.97 Å². The van der Waals surface area contributed by atoms with Crippen LogP contribution in [0.4, 0.5) is 5.69 Å². The summed E-state index contributed by atoms with van der Waals surface area (Å²) in [6.45, 7) is 4.72. The number of anilines is 1. The summed E-state index contributed by atoms with van der Waals surface area (Å²) in [6.07, 6.45) is 1.83. The number of carboxylic acids is 1. The van der Waals surface area contributed by atoms with Gasteiger partial charge in [0.25, 0.3) is 0 Å². The predicted molar refractivity (Wildman–Crippen MR) is 111 cm³/mol. The average molecular weight is 394 g/mol. The monoisotopic (exact) mass is 394 g/mol. The average Bonchev–Trinajstić information content (AvgIpc) is 3.12. The second-order valence-corrected chi connectivity index (χ2v) is 7.26. The predicted octanol–water partition coefficient (Wildman–Crippen LogP) is 3.18. The maximum atomic E-state index is 12.7. The zero-order valence-electron chi connectivity index (χ0n) is 16.8. The van der Waals surface area contributed by atoms with Gasteiger partial charge < -0.3 is 15.3 Å². The van der Waals surface area contributed by atoms with Crippen LogP contribution in [0.5, 0.6) is 0 Å². The molecule has 1 aliphatic heterocycles. The van der Waals surface area contributed by atoms with Crippen LogP contribution in [0.15, 0.2) is 42.5 Å². The minimum Gasteiger partial charge on any atom is -0.478 e. The van der Waals surface area contributed by atoms with Crippen LogP contribution >= 0.6 is 0 Å². The highest BCUT2D eigenvalue weighted by atomic mass is 16.4. The van der Waals surface area contributed by atoms with Gasteiger partial charge in [0.2, 0.25) is 11.8 Å². The Bertz CT molecular complexity index is 916. The first kappa shape index (κ1) is 20.6. The van der Waals surface area contributed by atoms with Gasteiger partial charge in [-0.15, -0.1) is 0 Å². The van der Waals surface area contributed by atoms with Gasteiger partial charge in [-0.2, -0.15) is 0 Å². The van der Waals surface area contributed by atoms with Gasteiger partial charge in [0.15, 0.2) is 0 Å². The fraction of sp³-hybridized carbons (Fsp3) is 0.348. The molecule has 0 bridgehead atoms. The Labute approximate surface area is 170 Å². The van der Waals surface area contributed by atoms with E-state index >= 15 is 0 Å². The summed E-state index contributed by atoms with van der Waals surface area (Å²) in [4.78, 5) is 38.2. The number of para-hydroxylation sites is 1. The topological polar surface area (TPSA) is 86.7 Å². The lowest BCUT2D eigenvalue weighted by Crippen LogP contribution is -2.33. The van der Waals surface area contributed by atoms with Crippen molar-refractivity contribution in [1.29, 1.82) is 0 Å². The molecule has 6 heteroatoms. The number of hydrogen-bond acceptors (Lipinski definition) is 3. The van der Waals surface area contributed by atoms with Crippen LogP contribution in [0.2, 0.25) is 0 Å². The number of amides is 2. The highest BCUT2D eigenvalue weighted by Crippen LogP contribution is 2.32. The first-order valence-corrected chi connectivity index (χ1v) is 9.95. The number of nitrogens with zero attached hydrogens (tertiary/aromatic N) is 1. The third-order valence-electron chi connectivity index (χ3n) is 5.37. The van der Waals surface area contributed by atoms with Gasteiger partial charge in [-0.3, -0.25) is 9.59 Å². The number of carbonyl (C=O) groups is 3. The molecule has 0 radical (unpaired) electrons. The van der Waals surface area contributed by atoms with Crippen LogP contribution in [-0.2, 0) is 29.0 Å². The number of carboxylic acid groups (broad SMARTS) is 1. The molecule has 29 heavy (non-hydrogen) atoms. The molecule has 3 rings (SSSR count). The number of carbonyl (C=O) groups excluding carboxylic acids is 2. The summed E-state index contributed by atoms with van der Waals surface area (Å²) in [6, 6.07) is 12.5. The SMILES string of the molecule is CCc1cccc(CC)c1N1CC(C(=O)NCc2cccc(C(=O)O)c2)CC1=O. The van der Waals surface area contributed by atoms with Crippen molar-refractivity contribution in [2.45, 2.75) is 39.7 Å². The standard InChI is InChI=1S/C23H26N2O4/c1-3-16-8-6-9-17(4-2)21(16)25-14-19(12-20(25)26)22(27)24-13-15-7-5-10-18(11-15)23(28)29/h5-11,19H,3-4,12-14H2,1-2H3,(H,24,27)(H,28,29).